The first-order valence-electron chi connectivity index (χ1n) is 8.73. The van der Waals surface area contributed by atoms with Gasteiger partial charge in [-0.3, -0.25) is 5.10 Å². The zero-order chi connectivity index (χ0) is 18.5. The van der Waals surface area contributed by atoms with Crippen molar-refractivity contribution in [2.75, 3.05) is 5.32 Å². The van der Waals surface area contributed by atoms with Gasteiger partial charge >= 0.3 is 0 Å². The van der Waals surface area contributed by atoms with Gasteiger partial charge in [0, 0.05) is 6.20 Å². The van der Waals surface area contributed by atoms with E-state index in [-0.39, 0.29) is 0 Å². The van der Waals surface area contributed by atoms with Gasteiger partial charge in [0.25, 0.3) is 0 Å². The van der Waals surface area contributed by atoms with Crippen LogP contribution < -0.4 is 5.32 Å². The number of anilines is 1. The number of benzene rings is 3. The molecule has 0 amide bonds. The van der Waals surface area contributed by atoms with Gasteiger partial charge in [0.05, 0.1) is 0 Å². The molecule has 1 heterocycles. The van der Waals surface area contributed by atoms with E-state index in [1.807, 2.05) is 54.6 Å². The first kappa shape index (κ1) is 16.6. The Balaban J connectivity index is 2.02. The molecule has 0 bridgehead atoms. The number of rotatable bonds is 5. The summed E-state index contributed by atoms with van der Waals surface area (Å²) in [4.78, 5) is 0. The number of nitrogens with one attached hydrogen (secondary N) is 2. The van der Waals surface area contributed by atoms with Gasteiger partial charge < -0.3 is 5.32 Å². The van der Waals surface area contributed by atoms with Crippen molar-refractivity contribution >= 4 is 5.82 Å². The van der Waals surface area contributed by atoms with Crippen LogP contribution in [-0.2, 0) is 5.54 Å². The summed E-state index contributed by atoms with van der Waals surface area (Å²) in [6.07, 6.45) is 1.61. The van der Waals surface area contributed by atoms with E-state index in [1.165, 1.54) is 0 Å². The first-order chi connectivity index (χ1) is 13.3. The molecule has 0 unspecified atom stereocenters. The van der Waals surface area contributed by atoms with Crippen LogP contribution in [0.2, 0.25) is 0 Å². The fourth-order valence-corrected chi connectivity index (χ4v) is 3.43. The summed E-state index contributed by atoms with van der Waals surface area (Å²) >= 11 is 0. The summed E-state index contributed by atoms with van der Waals surface area (Å²) in [6, 6.07) is 32.9. The van der Waals surface area contributed by atoms with Crippen molar-refractivity contribution in [2.45, 2.75) is 5.54 Å². The highest BCUT2D eigenvalue weighted by Gasteiger charge is 2.37. The van der Waals surface area contributed by atoms with Gasteiger partial charge in [0.1, 0.15) is 17.2 Å². The van der Waals surface area contributed by atoms with Crippen molar-refractivity contribution in [2.24, 2.45) is 0 Å². The van der Waals surface area contributed by atoms with Crippen molar-refractivity contribution in [3.05, 3.63) is 119 Å². The van der Waals surface area contributed by atoms with E-state index in [2.05, 4.69) is 58.0 Å². The van der Waals surface area contributed by atoms with E-state index in [0.29, 0.717) is 11.4 Å². The summed E-state index contributed by atoms with van der Waals surface area (Å²) in [5, 5.41) is 20.1. The summed E-state index contributed by atoms with van der Waals surface area (Å²) in [6.45, 7) is 0. The molecule has 0 aliphatic rings. The number of aromatic nitrogens is 2. The Morgan fingerprint density at radius 2 is 1.19 bits per heavy atom. The molecule has 4 aromatic rings. The van der Waals surface area contributed by atoms with Gasteiger partial charge in [-0.05, 0) is 16.7 Å². The maximum Gasteiger partial charge on any atom is 0.166 e. The Hall–Kier alpha value is -3.84. The van der Waals surface area contributed by atoms with Crippen molar-refractivity contribution in [3.63, 3.8) is 0 Å². The number of nitriles is 1. The largest absolute Gasteiger partial charge is 0.350 e. The Kier molecular flexibility index (Phi) is 4.42. The van der Waals surface area contributed by atoms with E-state index >= 15 is 0 Å². The first-order valence-corrected chi connectivity index (χ1v) is 8.73. The van der Waals surface area contributed by atoms with Crippen LogP contribution >= 0.6 is 0 Å². The fourth-order valence-electron chi connectivity index (χ4n) is 3.43. The number of H-pyrrole nitrogens is 1. The SMILES string of the molecule is N#Cc1c[nH]nc1NC(c1ccccc1)(c1ccccc1)c1ccccc1. The molecule has 0 saturated heterocycles. The number of aromatic amines is 1. The summed E-state index contributed by atoms with van der Waals surface area (Å²) in [5.41, 5.74) is 2.98. The molecule has 1 aromatic heterocycles. The molecule has 2 N–H and O–H groups in total. The molecule has 0 radical (unpaired) electrons. The molecule has 4 heteroatoms. The van der Waals surface area contributed by atoms with Gasteiger partial charge in [0.15, 0.2) is 5.82 Å². The highest BCUT2D eigenvalue weighted by atomic mass is 15.2. The Morgan fingerprint density at radius 1 is 0.741 bits per heavy atom. The quantitative estimate of drug-likeness (QED) is 0.513. The van der Waals surface area contributed by atoms with Crippen LogP contribution in [-0.4, -0.2) is 10.2 Å². The predicted octanol–water partition coefficient (Wildman–Crippen LogP) is 4.69. The van der Waals surface area contributed by atoms with Crippen LogP contribution in [0.5, 0.6) is 0 Å². The van der Waals surface area contributed by atoms with Crippen molar-refractivity contribution in [1.29, 1.82) is 5.26 Å². The van der Waals surface area contributed by atoms with E-state index in [4.69, 9.17) is 0 Å². The summed E-state index contributed by atoms with van der Waals surface area (Å²) in [7, 11) is 0. The third kappa shape index (κ3) is 2.96. The molecule has 4 rings (SSSR count). The minimum atomic E-state index is -0.690. The normalized spacial score (nSPS) is 10.9. The van der Waals surface area contributed by atoms with Gasteiger partial charge in [-0.15, -0.1) is 0 Å². The standard InChI is InChI=1S/C23H18N4/c24-16-18-17-25-27-22(18)26-23(19-10-4-1-5-11-19,20-12-6-2-7-13-20)21-14-8-3-9-15-21/h1-15,17H,(H2,25,26,27). The average molecular weight is 350 g/mol. The molecule has 130 valence electrons. The van der Waals surface area contributed by atoms with Gasteiger partial charge in [0.2, 0.25) is 0 Å². The van der Waals surface area contributed by atoms with Crippen molar-refractivity contribution in [3.8, 4) is 6.07 Å². The maximum atomic E-state index is 9.47. The average Bonchev–Trinajstić information content (AvgIpc) is 3.21. The summed E-state index contributed by atoms with van der Waals surface area (Å²) in [5.74, 6) is 0.522. The van der Waals surface area contributed by atoms with Crippen LogP contribution in [0.4, 0.5) is 5.82 Å². The molecule has 0 atom stereocenters. The minimum Gasteiger partial charge on any atom is -0.350 e. The third-order valence-corrected chi connectivity index (χ3v) is 4.69. The van der Waals surface area contributed by atoms with Crippen LogP contribution in [0.25, 0.3) is 0 Å². The van der Waals surface area contributed by atoms with Gasteiger partial charge in [-0.1, -0.05) is 91.0 Å². The molecule has 4 nitrogen and oxygen atoms in total. The van der Waals surface area contributed by atoms with Gasteiger partial charge in [-0.25, -0.2) is 0 Å². The van der Waals surface area contributed by atoms with E-state index in [0.717, 1.165) is 16.7 Å². The molecular weight excluding hydrogens is 332 g/mol. The van der Waals surface area contributed by atoms with Crippen molar-refractivity contribution < 1.29 is 0 Å². The number of nitrogens with zero attached hydrogens (tertiary/aromatic N) is 2. The highest BCUT2D eigenvalue weighted by Crippen LogP contribution is 2.40. The molecule has 0 fully saturated rings. The zero-order valence-electron chi connectivity index (χ0n) is 14.6. The maximum absolute atomic E-state index is 9.47. The minimum absolute atomic E-state index is 0.474. The third-order valence-electron chi connectivity index (χ3n) is 4.69. The van der Waals surface area contributed by atoms with Crippen LogP contribution in [0.3, 0.4) is 0 Å². The molecule has 0 aliphatic heterocycles. The number of hydrogen-bond acceptors (Lipinski definition) is 3. The highest BCUT2D eigenvalue weighted by molar-refractivity contribution is 5.61. The van der Waals surface area contributed by atoms with Crippen LogP contribution in [0, 0.1) is 11.3 Å². The molecule has 0 saturated carbocycles. The second-order valence-electron chi connectivity index (χ2n) is 6.23. The lowest BCUT2D eigenvalue weighted by atomic mass is 9.77. The second-order valence-corrected chi connectivity index (χ2v) is 6.23. The zero-order valence-corrected chi connectivity index (χ0v) is 14.6. The monoisotopic (exact) mass is 350 g/mol. The number of hydrogen-bond donors (Lipinski definition) is 2. The lowest BCUT2D eigenvalue weighted by Crippen LogP contribution is -2.38. The molecular formula is C23H18N4. The molecule has 0 spiro atoms. The molecule has 0 aliphatic carbocycles. The van der Waals surface area contributed by atoms with Crippen molar-refractivity contribution in [1.82, 2.24) is 10.2 Å². The summed E-state index contributed by atoms with van der Waals surface area (Å²) < 4.78 is 0. The Labute approximate surface area is 158 Å². The Bertz CT molecular complexity index is 951. The smallest absolute Gasteiger partial charge is 0.166 e. The Morgan fingerprint density at radius 3 is 1.59 bits per heavy atom. The lowest BCUT2D eigenvalue weighted by Gasteiger charge is -2.37. The predicted molar refractivity (Wildman–Crippen MR) is 106 cm³/mol. The lowest BCUT2D eigenvalue weighted by molar-refractivity contribution is 0.705. The van der Waals surface area contributed by atoms with Crippen LogP contribution in [0.1, 0.15) is 22.3 Å². The fraction of sp³-hybridized carbons (Fsp3) is 0.0435. The van der Waals surface area contributed by atoms with E-state index < -0.39 is 5.54 Å². The van der Waals surface area contributed by atoms with E-state index in [9.17, 15) is 5.26 Å². The van der Waals surface area contributed by atoms with Crippen LogP contribution in [0.15, 0.2) is 97.2 Å². The second kappa shape index (κ2) is 7.19. The van der Waals surface area contributed by atoms with E-state index in [1.54, 1.807) is 6.20 Å². The molecule has 3 aromatic carbocycles. The van der Waals surface area contributed by atoms with Gasteiger partial charge in [-0.2, -0.15) is 10.4 Å². The molecule has 27 heavy (non-hydrogen) atoms. The topological polar surface area (TPSA) is 64.5 Å².